The van der Waals surface area contributed by atoms with Crippen molar-refractivity contribution in [1.82, 2.24) is 0 Å². The summed E-state index contributed by atoms with van der Waals surface area (Å²) in [6, 6.07) is 15.7. The summed E-state index contributed by atoms with van der Waals surface area (Å²) in [6.07, 6.45) is 1.19. The van der Waals surface area contributed by atoms with E-state index in [0.29, 0.717) is 11.4 Å². The van der Waals surface area contributed by atoms with Gasteiger partial charge in [0.2, 0.25) is 5.91 Å². The molecule has 2 aliphatic rings. The largest absolute Gasteiger partial charge is 0.477 e. The summed E-state index contributed by atoms with van der Waals surface area (Å²) in [4.78, 5) is 28.7. The van der Waals surface area contributed by atoms with Crippen LogP contribution in [0.2, 0.25) is 0 Å². The molecule has 2 aromatic carbocycles. The van der Waals surface area contributed by atoms with Crippen LogP contribution < -0.4 is 20.3 Å². The van der Waals surface area contributed by atoms with Crippen LogP contribution >= 0.6 is 0 Å². The number of para-hydroxylation sites is 3. The minimum atomic E-state index is -0.838. The summed E-state index contributed by atoms with van der Waals surface area (Å²) in [5.41, 5.74) is 8.50. The van der Waals surface area contributed by atoms with Gasteiger partial charge in [0, 0.05) is 11.7 Å². The molecule has 0 fully saturated rings. The number of fused-ring (bicyclic) bond motifs is 2. The zero-order valence-corrected chi connectivity index (χ0v) is 15.3. The van der Waals surface area contributed by atoms with Gasteiger partial charge in [-0.3, -0.25) is 9.59 Å². The number of hydrogen-bond donors (Lipinski definition) is 1. The normalized spacial score (nSPS) is 21.1. The lowest BCUT2D eigenvalue weighted by molar-refractivity contribution is -0.125. The van der Waals surface area contributed by atoms with Crippen LogP contribution in [0.25, 0.3) is 0 Å². The molecule has 2 heterocycles. The van der Waals surface area contributed by atoms with E-state index in [9.17, 15) is 9.59 Å². The van der Waals surface area contributed by atoms with E-state index in [1.165, 1.54) is 5.56 Å². The SMILES string of the molecule is C[C@H]1CCc2ccccc2N1CC(=O)N1C[C@@H](C(N)=O)Oc2ccccc21. The maximum absolute atomic E-state index is 13.2. The highest BCUT2D eigenvalue weighted by Gasteiger charge is 2.34. The summed E-state index contributed by atoms with van der Waals surface area (Å²) in [5, 5.41) is 0. The van der Waals surface area contributed by atoms with E-state index in [4.69, 9.17) is 10.5 Å². The second kappa shape index (κ2) is 6.95. The average molecular weight is 365 g/mol. The highest BCUT2D eigenvalue weighted by Crippen LogP contribution is 2.34. The van der Waals surface area contributed by atoms with Crippen molar-refractivity contribution in [1.29, 1.82) is 0 Å². The number of rotatable bonds is 3. The highest BCUT2D eigenvalue weighted by atomic mass is 16.5. The van der Waals surface area contributed by atoms with Gasteiger partial charge < -0.3 is 20.3 Å². The number of hydrogen-bond acceptors (Lipinski definition) is 4. The molecule has 0 bridgehead atoms. The molecule has 2 atom stereocenters. The van der Waals surface area contributed by atoms with Crippen molar-refractivity contribution in [3.8, 4) is 5.75 Å². The van der Waals surface area contributed by atoms with Gasteiger partial charge in [0.1, 0.15) is 5.75 Å². The Morgan fingerprint density at radius 3 is 2.59 bits per heavy atom. The monoisotopic (exact) mass is 365 g/mol. The molecular formula is C21H23N3O3. The first-order valence-corrected chi connectivity index (χ1v) is 9.24. The lowest BCUT2D eigenvalue weighted by Gasteiger charge is -2.39. The van der Waals surface area contributed by atoms with Gasteiger partial charge in [0.05, 0.1) is 18.8 Å². The standard InChI is InChI=1S/C21H23N3O3/c1-14-10-11-15-6-2-3-7-16(15)23(14)13-20(25)24-12-19(21(22)26)27-18-9-5-4-8-17(18)24/h2-9,14,19H,10-13H2,1H3,(H2,22,26)/t14-,19-/m0/s1. The molecule has 2 amide bonds. The zero-order valence-electron chi connectivity index (χ0n) is 15.3. The Balaban J connectivity index is 1.62. The molecule has 0 unspecified atom stereocenters. The third-order valence-corrected chi connectivity index (χ3v) is 5.36. The van der Waals surface area contributed by atoms with Gasteiger partial charge in [0.15, 0.2) is 6.10 Å². The first-order valence-electron chi connectivity index (χ1n) is 9.24. The topological polar surface area (TPSA) is 75.9 Å². The fourth-order valence-electron chi connectivity index (χ4n) is 3.85. The van der Waals surface area contributed by atoms with Gasteiger partial charge >= 0.3 is 0 Å². The van der Waals surface area contributed by atoms with E-state index in [-0.39, 0.29) is 25.0 Å². The van der Waals surface area contributed by atoms with Crippen LogP contribution in [0.1, 0.15) is 18.9 Å². The minimum Gasteiger partial charge on any atom is -0.477 e. The van der Waals surface area contributed by atoms with Crippen LogP contribution in [-0.2, 0) is 16.0 Å². The molecule has 2 aromatic rings. The van der Waals surface area contributed by atoms with Crippen LogP contribution in [0.4, 0.5) is 11.4 Å². The number of ether oxygens (including phenoxy) is 1. The number of nitrogens with two attached hydrogens (primary N) is 1. The predicted octanol–water partition coefficient (Wildman–Crippen LogP) is 2.11. The molecule has 0 saturated carbocycles. The van der Waals surface area contributed by atoms with E-state index in [0.717, 1.165) is 18.5 Å². The lowest BCUT2D eigenvalue weighted by atomic mass is 9.96. The number of aryl methyl sites for hydroxylation is 1. The second-order valence-electron chi connectivity index (χ2n) is 7.13. The number of benzene rings is 2. The Bertz CT molecular complexity index is 882. The van der Waals surface area contributed by atoms with Crippen LogP contribution in [0.3, 0.4) is 0 Å². The molecule has 2 N–H and O–H groups in total. The number of primary amides is 1. The van der Waals surface area contributed by atoms with E-state index in [2.05, 4.69) is 24.0 Å². The molecule has 2 aliphatic heterocycles. The molecule has 0 spiro atoms. The molecule has 27 heavy (non-hydrogen) atoms. The molecule has 0 aromatic heterocycles. The maximum atomic E-state index is 13.2. The molecule has 0 radical (unpaired) electrons. The lowest BCUT2D eigenvalue weighted by Crippen LogP contribution is -2.53. The summed E-state index contributed by atoms with van der Waals surface area (Å²) >= 11 is 0. The van der Waals surface area contributed by atoms with Crippen molar-refractivity contribution < 1.29 is 14.3 Å². The first kappa shape index (κ1) is 17.4. The van der Waals surface area contributed by atoms with Gasteiger partial charge in [-0.15, -0.1) is 0 Å². The van der Waals surface area contributed by atoms with Crippen molar-refractivity contribution in [2.45, 2.75) is 31.9 Å². The van der Waals surface area contributed by atoms with Crippen molar-refractivity contribution in [3.05, 3.63) is 54.1 Å². The molecule has 4 rings (SSSR count). The molecule has 6 nitrogen and oxygen atoms in total. The molecule has 0 aliphatic carbocycles. The Hall–Kier alpha value is -3.02. The maximum Gasteiger partial charge on any atom is 0.260 e. The Morgan fingerprint density at radius 1 is 1.11 bits per heavy atom. The highest BCUT2D eigenvalue weighted by molar-refractivity contribution is 5.99. The van der Waals surface area contributed by atoms with Crippen molar-refractivity contribution >= 4 is 23.2 Å². The van der Waals surface area contributed by atoms with Gasteiger partial charge in [-0.05, 0) is 43.5 Å². The van der Waals surface area contributed by atoms with Crippen molar-refractivity contribution in [3.63, 3.8) is 0 Å². The number of carbonyl (C=O) groups excluding carboxylic acids is 2. The third kappa shape index (κ3) is 3.23. The average Bonchev–Trinajstić information content (AvgIpc) is 2.69. The molecule has 140 valence electrons. The predicted molar refractivity (Wildman–Crippen MR) is 104 cm³/mol. The van der Waals surface area contributed by atoms with Crippen LogP contribution in [0, 0.1) is 0 Å². The van der Waals surface area contributed by atoms with Gasteiger partial charge in [-0.25, -0.2) is 0 Å². The quantitative estimate of drug-likeness (QED) is 0.904. The Kier molecular flexibility index (Phi) is 4.48. The fraction of sp³-hybridized carbons (Fsp3) is 0.333. The number of nitrogens with zero attached hydrogens (tertiary/aromatic N) is 2. The molecular weight excluding hydrogens is 342 g/mol. The van der Waals surface area contributed by atoms with Crippen LogP contribution in [0.15, 0.2) is 48.5 Å². The van der Waals surface area contributed by atoms with Crippen LogP contribution in [-0.4, -0.2) is 37.0 Å². The zero-order chi connectivity index (χ0) is 19.0. The third-order valence-electron chi connectivity index (χ3n) is 5.36. The van der Waals surface area contributed by atoms with Gasteiger partial charge in [-0.1, -0.05) is 30.3 Å². The van der Waals surface area contributed by atoms with Gasteiger partial charge in [0.25, 0.3) is 5.91 Å². The number of carbonyl (C=O) groups is 2. The molecule has 6 heteroatoms. The summed E-state index contributed by atoms with van der Waals surface area (Å²) in [7, 11) is 0. The Morgan fingerprint density at radius 2 is 1.81 bits per heavy atom. The smallest absolute Gasteiger partial charge is 0.260 e. The van der Waals surface area contributed by atoms with Crippen molar-refractivity contribution in [2.75, 3.05) is 22.9 Å². The summed E-state index contributed by atoms with van der Waals surface area (Å²) in [6.45, 7) is 2.52. The van der Waals surface area contributed by atoms with Crippen molar-refractivity contribution in [2.24, 2.45) is 5.73 Å². The van der Waals surface area contributed by atoms with E-state index in [1.54, 1.807) is 11.0 Å². The Labute approximate surface area is 158 Å². The first-order chi connectivity index (χ1) is 13.0. The number of anilines is 2. The van der Waals surface area contributed by atoms with E-state index in [1.807, 2.05) is 30.3 Å². The second-order valence-corrected chi connectivity index (χ2v) is 7.13. The minimum absolute atomic E-state index is 0.0689. The van der Waals surface area contributed by atoms with Gasteiger partial charge in [-0.2, -0.15) is 0 Å². The van der Waals surface area contributed by atoms with Crippen LogP contribution in [0.5, 0.6) is 5.75 Å². The van der Waals surface area contributed by atoms with E-state index < -0.39 is 12.0 Å². The number of amides is 2. The summed E-state index contributed by atoms with van der Waals surface area (Å²) in [5.74, 6) is -0.132. The van der Waals surface area contributed by atoms with E-state index >= 15 is 0 Å². The summed E-state index contributed by atoms with van der Waals surface area (Å²) < 4.78 is 5.66. The fourth-order valence-corrected chi connectivity index (χ4v) is 3.85. The molecule has 0 saturated heterocycles.